The summed E-state index contributed by atoms with van der Waals surface area (Å²) in [6.45, 7) is 3.87. The monoisotopic (exact) mass is 551 g/mol. The smallest absolute Gasteiger partial charge is 0.191 e. The summed E-state index contributed by atoms with van der Waals surface area (Å²) in [5.41, 5.74) is 2.00. The Hall–Kier alpha value is -1.52. The highest BCUT2D eigenvalue weighted by atomic mass is 127. The summed E-state index contributed by atoms with van der Waals surface area (Å²) in [6, 6.07) is 12.4. The number of sulfone groups is 1. The van der Waals surface area contributed by atoms with Crippen LogP contribution in [0.5, 0.6) is 5.75 Å². The Balaban J connectivity index is 0.00000420. The van der Waals surface area contributed by atoms with Crippen LogP contribution >= 0.6 is 35.6 Å². The number of methoxy groups -OCH3 is 1. The molecule has 0 aliphatic carbocycles. The topological polar surface area (TPSA) is 79.8 Å². The SMILES string of the molecule is CCNC(=NCc1ccc(Cl)cc1OC)NCCc1ccc(S(C)(=O)=O)cc1.I. The largest absolute Gasteiger partial charge is 0.496 e. The van der Waals surface area contributed by atoms with E-state index in [1.54, 1.807) is 25.3 Å². The zero-order valence-corrected chi connectivity index (χ0v) is 20.6. The molecule has 29 heavy (non-hydrogen) atoms. The zero-order chi connectivity index (χ0) is 20.6. The Morgan fingerprint density at radius 2 is 1.83 bits per heavy atom. The lowest BCUT2D eigenvalue weighted by Gasteiger charge is -2.12. The van der Waals surface area contributed by atoms with Gasteiger partial charge in [0.05, 0.1) is 18.6 Å². The second kappa shape index (κ2) is 12.2. The molecule has 0 aromatic heterocycles. The summed E-state index contributed by atoms with van der Waals surface area (Å²) in [6.07, 6.45) is 1.96. The van der Waals surface area contributed by atoms with Gasteiger partial charge in [0.2, 0.25) is 0 Å². The molecule has 0 amide bonds. The Kier molecular flexibility index (Phi) is 10.8. The van der Waals surface area contributed by atoms with Crippen LogP contribution in [0, 0.1) is 0 Å². The fraction of sp³-hybridized carbons (Fsp3) is 0.350. The highest BCUT2D eigenvalue weighted by molar-refractivity contribution is 14.0. The van der Waals surface area contributed by atoms with E-state index in [9.17, 15) is 8.42 Å². The quantitative estimate of drug-likeness (QED) is 0.297. The van der Waals surface area contributed by atoms with Gasteiger partial charge in [-0.05, 0) is 43.2 Å². The van der Waals surface area contributed by atoms with Crippen molar-refractivity contribution in [1.29, 1.82) is 0 Å². The first-order chi connectivity index (χ1) is 13.3. The summed E-state index contributed by atoms with van der Waals surface area (Å²) in [7, 11) is -1.56. The van der Waals surface area contributed by atoms with Gasteiger partial charge in [0.15, 0.2) is 15.8 Å². The molecule has 0 saturated heterocycles. The molecule has 0 spiro atoms. The molecule has 9 heteroatoms. The number of nitrogens with zero attached hydrogens (tertiary/aromatic N) is 1. The number of rotatable bonds is 8. The van der Waals surface area contributed by atoms with Crippen molar-refractivity contribution in [2.24, 2.45) is 4.99 Å². The maximum atomic E-state index is 11.5. The number of ether oxygens (including phenoxy) is 1. The predicted molar refractivity (Wildman–Crippen MR) is 129 cm³/mol. The minimum Gasteiger partial charge on any atom is -0.496 e. The lowest BCUT2D eigenvalue weighted by atomic mass is 10.1. The van der Waals surface area contributed by atoms with Crippen molar-refractivity contribution in [3.8, 4) is 5.75 Å². The minimum absolute atomic E-state index is 0. The van der Waals surface area contributed by atoms with E-state index in [-0.39, 0.29) is 24.0 Å². The first-order valence-corrected chi connectivity index (χ1v) is 11.2. The number of halogens is 2. The van der Waals surface area contributed by atoms with Gasteiger partial charge < -0.3 is 15.4 Å². The third-order valence-corrected chi connectivity index (χ3v) is 5.42. The molecular formula is C20H27ClIN3O3S. The highest BCUT2D eigenvalue weighted by Crippen LogP contribution is 2.23. The molecule has 0 bridgehead atoms. The average Bonchev–Trinajstić information content (AvgIpc) is 2.66. The second-order valence-corrected chi connectivity index (χ2v) is 8.70. The van der Waals surface area contributed by atoms with Gasteiger partial charge in [-0.3, -0.25) is 0 Å². The van der Waals surface area contributed by atoms with Crippen molar-refractivity contribution in [2.75, 3.05) is 26.5 Å². The number of benzene rings is 2. The molecule has 2 rings (SSSR count). The third-order valence-electron chi connectivity index (χ3n) is 4.06. The van der Waals surface area contributed by atoms with Crippen LogP contribution in [0.1, 0.15) is 18.1 Å². The van der Waals surface area contributed by atoms with Gasteiger partial charge in [0, 0.05) is 29.9 Å². The molecule has 0 radical (unpaired) electrons. The lowest BCUT2D eigenvalue weighted by molar-refractivity contribution is 0.410. The fourth-order valence-corrected chi connectivity index (χ4v) is 3.38. The maximum Gasteiger partial charge on any atom is 0.191 e. The van der Waals surface area contributed by atoms with Crippen LogP contribution in [0.4, 0.5) is 0 Å². The van der Waals surface area contributed by atoms with Crippen LogP contribution in [0.3, 0.4) is 0 Å². The summed E-state index contributed by atoms with van der Waals surface area (Å²) in [5.74, 6) is 1.41. The van der Waals surface area contributed by atoms with Crippen molar-refractivity contribution >= 4 is 51.4 Å². The molecule has 2 aromatic rings. The first-order valence-electron chi connectivity index (χ1n) is 8.97. The third kappa shape index (κ3) is 8.39. The summed E-state index contributed by atoms with van der Waals surface area (Å²) in [4.78, 5) is 4.92. The van der Waals surface area contributed by atoms with Gasteiger partial charge in [-0.1, -0.05) is 29.8 Å². The van der Waals surface area contributed by atoms with Gasteiger partial charge in [-0.15, -0.1) is 24.0 Å². The van der Waals surface area contributed by atoms with Crippen molar-refractivity contribution in [3.05, 3.63) is 58.6 Å². The van der Waals surface area contributed by atoms with E-state index in [1.165, 1.54) is 6.26 Å². The second-order valence-electron chi connectivity index (χ2n) is 6.24. The van der Waals surface area contributed by atoms with Gasteiger partial charge in [-0.2, -0.15) is 0 Å². The number of nitrogens with one attached hydrogen (secondary N) is 2. The van der Waals surface area contributed by atoms with Crippen LogP contribution in [-0.2, 0) is 22.8 Å². The van der Waals surface area contributed by atoms with E-state index in [2.05, 4.69) is 15.6 Å². The molecular weight excluding hydrogens is 525 g/mol. The minimum atomic E-state index is -3.17. The molecule has 0 aliphatic heterocycles. The molecule has 0 atom stereocenters. The Bertz CT molecular complexity index is 919. The Labute approximate surface area is 195 Å². The molecule has 0 saturated carbocycles. The van der Waals surface area contributed by atoms with E-state index >= 15 is 0 Å². The molecule has 6 nitrogen and oxygen atoms in total. The van der Waals surface area contributed by atoms with Gasteiger partial charge in [-0.25, -0.2) is 13.4 Å². The number of hydrogen-bond donors (Lipinski definition) is 2. The molecule has 0 unspecified atom stereocenters. The van der Waals surface area contributed by atoms with Gasteiger partial charge >= 0.3 is 0 Å². The van der Waals surface area contributed by atoms with Gasteiger partial charge in [0.1, 0.15) is 5.75 Å². The maximum absolute atomic E-state index is 11.5. The average molecular weight is 552 g/mol. The normalized spacial score (nSPS) is 11.5. The van der Waals surface area contributed by atoms with Crippen molar-refractivity contribution < 1.29 is 13.2 Å². The Morgan fingerprint density at radius 3 is 2.41 bits per heavy atom. The van der Waals surface area contributed by atoms with Gasteiger partial charge in [0.25, 0.3) is 0 Å². The molecule has 0 aliphatic rings. The zero-order valence-electron chi connectivity index (χ0n) is 16.7. The van der Waals surface area contributed by atoms with Crippen molar-refractivity contribution in [2.45, 2.75) is 24.8 Å². The first kappa shape index (κ1) is 25.5. The highest BCUT2D eigenvalue weighted by Gasteiger charge is 2.07. The van der Waals surface area contributed by atoms with Crippen LogP contribution in [0.25, 0.3) is 0 Å². The summed E-state index contributed by atoms with van der Waals surface area (Å²) >= 11 is 6.00. The number of guanidine groups is 1. The van der Waals surface area contributed by atoms with E-state index < -0.39 is 9.84 Å². The van der Waals surface area contributed by atoms with E-state index in [0.717, 1.165) is 24.1 Å². The standard InChI is InChI=1S/C20H26ClN3O3S.HI/c1-4-22-20(24-14-16-7-8-17(21)13-19(16)27-2)23-12-11-15-5-9-18(10-6-15)28(3,25)26;/h5-10,13H,4,11-12,14H2,1-3H3,(H2,22,23,24);1H. The number of hydrogen-bond acceptors (Lipinski definition) is 4. The molecule has 160 valence electrons. The Morgan fingerprint density at radius 1 is 1.14 bits per heavy atom. The van der Waals surface area contributed by atoms with Crippen molar-refractivity contribution in [3.63, 3.8) is 0 Å². The van der Waals surface area contributed by atoms with E-state index in [1.807, 2.05) is 31.2 Å². The van der Waals surface area contributed by atoms with E-state index in [0.29, 0.717) is 34.7 Å². The fourth-order valence-electron chi connectivity index (χ4n) is 2.58. The molecule has 2 N–H and O–H groups in total. The van der Waals surface area contributed by atoms with Crippen LogP contribution in [-0.4, -0.2) is 40.8 Å². The summed E-state index contributed by atoms with van der Waals surface area (Å²) in [5, 5.41) is 7.12. The van der Waals surface area contributed by atoms with E-state index in [4.69, 9.17) is 16.3 Å². The lowest BCUT2D eigenvalue weighted by Crippen LogP contribution is -2.38. The predicted octanol–water partition coefficient (Wildman–Crippen LogP) is 3.67. The molecule has 2 aromatic carbocycles. The van der Waals surface area contributed by atoms with Crippen molar-refractivity contribution in [1.82, 2.24) is 10.6 Å². The van der Waals surface area contributed by atoms with Crippen LogP contribution in [0.15, 0.2) is 52.4 Å². The molecule has 0 heterocycles. The number of aliphatic imine (C=N–C) groups is 1. The molecule has 0 fully saturated rings. The van der Waals surface area contributed by atoms with Crippen LogP contribution < -0.4 is 15.4 Å². The summed E-state index contributed by atoms with van der Waals surface area (Å²) < 4.78 is 28.4. The van der Waals surface area contributed by atoms with Crippen LogP contribution in [0.2, 0.25) is 5.02 Å².